The van der Waals surface area contributed by atoms with Crippen molar-refractivity contribution < 1.29 is 4.79 Å². The van der Waals surface area contributed by atoms with Crippen molar-refractivity contribution >= 4 is 45.5 Å². The molecule has 1 aliphatic heterocycles. The summed E-state index contributed by atoms with van der Waals surface area (Å²) >= 11 is 2.63. The van der Waals surface area contributed by atoms with Crippen LogP contribution in [0.1, 0.15) is 19.8 Å². The zero-order valence-electron chi connectivity index (χ0n) is 13.6. The molecule has 1 amide bonds. The van der Waals surface area contributed by atoms with Gasteiger partial charge in [0.2, 0.25) is 11.0 Å². The molecule has 0 atom stereocenters. The lowest BCUT2D eigenvalue weighted by molar-refractivity contribution is -0.113. The third-order valence-corrected chi connectivity index (χ3v) is 5.93. The molecule has 2 aromatic rings. The maximum absolute atomic E-state index is 12.0. The molecule has 0 saturated carbocycles. The van der Waals surface area contributed by atoms with Crippen molar-refractivity contribution in [3.8, 4) is 0 Å². The van der Waals surface area contributed by atoms with Crippen molar-refractivity contribution in [2.45, 2.75) is 24.1 Å². The topological polar surface area (TPSA) is 84.1 Å². The zero-order chi connectivity index (χ0) is 16.9. The van der Waals surface area contributed by atoms with E-state index in [2.05, 4.69) is 39.5 Å². The van der Waals surface area contributed by atoms with Gasteiger partial charge < -0.3 is 16.0 Å². The lowest BCUT2D eigenvalue weighted by Crippen LogP contribution is -2.32. The van der Waals surface area contributed by atoms with Gasteiger partial charge in [0.1, 0.15) is 0 Å². The molecule has 0 spiro atoms. The second kappa shape index (κ2) is 7.85. The van der Waals surface area contributed by atoms with E-state index in [-0.39, 0.29) is 5.91 Å². The van der Waals surface area contributed by atoms with Crippen molar-refractivity contribution in [3.05, 3.63) is 24.3 Å². The van der Waals surface area contributed by atoms with Crippen molar-refractivity contribution in [2.24, 2.45) is 5.92 Å². The molecule has 1 aromatic carbocycles. The number of nitrogens with one attached hydrogen (secondary N) is 1. The van der Waals surface area contributed by atoms with Crippen LogP contribution in [0, 0.1) is 5.92 Å². The maximum Gasteiger partial charge on any atom is 0.234 e. The predicted molar refractivity (Wildman–Crippen MR) is 101 cm³/mol. The zero-order valence-corrected chi connectivity index (χ0v) is 15.2. The summed E-state index contributed by atoms with van der Waals surface area (Å²) in [4.78, 5) is 14.4. The van der Waals surface area contributed by atoms with E-state index in [9.17, 15) is 4.79 Å². The highest BCUT2D eigenvalue weighted by molar-refractivity contribution is 8.01. The smallest absolute Gasteiger partial charge is 0.234 e. The van der Waals surface area contributed by atoms with Gasteiger partial charge in [-0.2, -0.15) is 0 Å². The number of benzene rings is 1. The maximum atomic E-state index is 12.0. The van der Waals surface area contributed by atoms with Gasteiger partial charge >= 0.3 is 0 Å². The number of carbonyl (C=O) groups excluding carboxylic acids is 1. The Labute approximate surface area is 149 Å². The van der Waals surface area contributed by atoms with E-state index in [0.717, 1.165) is 24.7 Å². The fourth-order valence-electron chi connectivity index (χ4n) is 2.63. The first kappa shape index (κ1) is 17.0. The third kappa shape index (κ3) is 4.61. The quantitative estimate of drug-likeness (QED) is 0.794. The highest BCUT2D eigenvalue weighted by Gasteiger charge is 2.16. The molecule has 2 heterocycles. The number of piperidine rings is 1. The number of nitrogens with zero attached hydrogens (tertiary/aromatic N) is 3. The number of carbonyl (C=O) groups is 1. The van der Waals surface area contributed by atoms with Gasteiger partial charge in [0.05, 0.1) is 5.75 Å². The Morgan fingerprint density at radius 3 is 2.67 bits per heavy atom. The normalized spacial score (nSPS) is 15.5. The number of nitrogens with two attached hydrogens (primary N) is 1. The van der Waals surface area contributed by atoms with Crippen LogP contribution in [0.3, 0.4) is 0 Å². The summed E-state index contributed by atoms with van der Waals surface area (Å²) in [6, 6.07) is 8.06. The molecule has 1 saturated heterocycles. The SMILES string of the molecule is CC1CCN(c2ccc(NC(=O)CSc3nnc(N)s3)cc2)CC1. The van der Waals surface area contributed by atoms with Gasteiger partial charge in [-0.15, -0.1) is 10.2 Å². The summed E-state index contributed by atoms with van der Waals surface area (Å²) in [6.45, 7) is 4.52. The number of hydrogen-bond acceptors (Lipinski definition) is 7. The highest BCUT2D eigenvalue weighted by atomic mass is 32.2. The molecule has 3 N–H and O–H groups in total. The number of aromatic nitrogens is 2. The molecule has 8 heteroatoms. The van der Waals surface area contributed by atoms with Crippen molar-refractivity contribution in [1.82, 2.24) is 10.2 Å². The molecule has 1 aromatic heterocycles. The van der Waals surface area contributed by atoms with E-state index in [1.54, 1.807) is 0 Å². The molecule has 3 rings (SSSR count). The summed E-state index contributed by atoms with van der Waals surface area (Å²) in [5.41, 5.74) is 7.55. The van der Waals surface area contributed by atoms with E-state index in [1.807, 2.05) is 12.1 Å². The number of anilines is 3. The van der Waals surface area contributed by atoms with E-state index >= 15 is 0 Å². The highest BCUT2D eigenvalue weighted by Crippen LogP contribution is 2.25. The van der Waals surface area contributed by atoms with Crippen molar-refractivity contribution in [2.75, 3.05) is 34.8 Å². The Balaban J connectivity index is 1.49. The van der Waals surface area contributed by atoms with Crippen LogP contribution in [0.25, 0.3) is 0 Å². The van der Waals surface area contributed by atoms with Crippen molar-refractivity contribution in [1.29, 1.82) is 0 Å². The van der Waals surface area contributed by atoms with Crippen molar-refractivity contribution in [3.63, 3.8) is 0 Å². The number of amides is 1. The van der Waals surface area contributed by atoms with Gasteiger partial charge in [0.25, 0.3) is 0 Å². The third-order valence-electron chi connectivity index (χ3n) is 4.05. The first-order valence-electron chi connectivity index (χ1n) is 7.97. The minimum absolute atomic E-state index is 0.0617. The Morgan fingerprint density at radius 1 is 1.33 bits per heavy atom. The Kier molecular flexibility index (Phi) is 5.57. The summed E-state index contributed by atoms with van der Waals surface area (Å²) < 4.78 is 0.706. The summed E-state index contributed by atoms with van der Waals surface area (Å²) in [7, 11) is 0. The van der Waals surface area contributed by atoms with Gasteiger partial charge in [-0.25, -0.2) is 0 Å². The van der Waals surface area contributed by atoms with Gasteiger partial charge in [-0.05, 0) is 43.0 Å². The van der Waals surface area contributed by atoms with E-state index in [0.29, 0.717) is 15.2 Å². The molecule has 0 bridgehead atoms. The predicted octanol–water partition coefficient (Wildman–Crippen LogP) is 3.09. The molecular weight excluding hydrogens is 342 g/mol. The second-order valence-corrected chi connectivity index (χ2v) is 8.19. The van der Waals surface area contributed by atoms with Crippen LogP contribution < -0.4 is 16.0 Å². The first-order chi connectivity index (χ1) is 11.6. The van der Waals surface area contributed by atoms with E-state index in [4.69, 9.17) is 5.73 Å². The van der Waals surface area contributed by atoms with Crippen LogP contribution in [0.15, 0.2) is 28.6 Å². The fraction of sp³-hybridized carbons (Fsp3) is 0.438. The molecule has 0 aliphatic carbocycles. The van der Waals surface area contributed by atoms with E-state index in [1.165, 1.54) is 41.6 Å². The monoisotopic (exact) mass is 363 g/mol. The van der Waals surface area contributed by atoms with Gasteiger partial charge in [-0.1, -0.05) is 30.0 Å². The lowest BCUT2D eigenvalue weighted by Gasteiger charge is -2.32. The Morgan fingerprint density at radius 2 is 2.04 bits per heavy atom. The minimum atomic E-state index is -0.0617. The fourth-order valence-corrected chi connectivity index (χ4v) is 4.06. The van der Waals surface area contributed by atoms with Crippen LogP contribution >= 0.6 is 23.1 Å². The van der Waals surface area contributed by atoms with Crippen LogP contribution in [0.2, 0.25) is 0 Å². The van der Waals surface area contributed by atoms with Crippen LogP contribution in [0.4, 0.5) is 16.5 Å². The molecular formula is C16H21N5OS2. The summed E-state index contributed by atoms with van der Waals surface area (Å²) in [6.07, 6.45) is 2.48. The summed E-state index contributed by atoms with van der Waals surface area (Å²) in [5.74, 6) is 1.05. The Hall–Kier alpha value is -1.80. The number of rotatable bonds is 5. The van der Waals surface area contributed by atoms with Crippen LogP contribution in [0.5, 0.6) is 0 Å². The second-order valence-electron chi connectivity index (χ2n) is 5.96. The number of nitrogen functional groups attached to an aromatic ring is 1. The summed E-state index contributed by atoms with van der Waals surface area (Å²) in [5, 5.41) is 10.9. The Bertz CT molecular complexity index is 680. The molecule has 128 valence electrons. The minimum Gasteiger partial charge on any atom is -0.374 e. The molecule has 0 unspecified atom stereocenters. The average Bonchev–Trinajstić information content (AvgIpc) is 3.00. The number of hydrogen-bond donors (Lipinski definition) is 2. The molecule has 0 radical (unpaired) electrons. The number of thioether (sulfide) groups is 1. The lowest BCUT2D eigenvalue weighted by atomic mass is 9.99. The van der Waals surface area contributed by atoms with Gasteiger partial charge in [0, 0.05) is 24.5 Å². The first-order valence-corrected chi connectivity index (χ1v) is 9.77. The largest absolute Gasteiger partial charge is 0.374 e. The molecule has 1 aliphatic rings. The van der Waals surface area contributed by atoms with Gasteiger partial charge in [0.15, 0.2) is 4.34 Å². The van der Waals surface area contributed by atoms with Gasteiger partial charge in [-0.3, -0.25) is 4.79 Å². The van der Waals surface area contributed by atoms with Crippen LogP contribution in [-0.4, -0.2) is 34.9 Å². The molecule has 1 fully saturated rings. The molecule has 6 nitrogen and oxygen atoms in total. The van der Waals surface area contributed by atoms with Crippen LogP contribution in [-0.2, 0) is 4.79 Å². The standard InChI is InChI=1S/C16H21N5OS2/c1-11-6-8-21(9-7-11)13-4-2-12(3-5-13)18-14(22)10-23-16-20-19-15(17)24-16/h2-5,11H,6-10H2,1H3,(H2,17,19)(H,18,22). The molecule has 24 heavy (non-hydrogen) atoms. The van der Waals surface area contributed by atoms with E-state index < -0.39 is 0 Å². The average molecular weight is 364 g/mol.